The summed E-state index contributed by atoms with van der Waals surface area (Å²) < 4.78 is 2.38. The van der Waals surface area contributed by atoms with Crippen LogP contribution in [0.1, 0.15) is 101 Å². The fourth-order valence-corrected chi connectivity index (χ4v) is 6.28. The molecule has 8 heteroatoms. The Morgan fingerprint density at radius 3 is 2.31 bits per heavy atom. The number of rotatable bonds is 12. The van der Waals surface area contributed by atoms with Crippen molar-refractivity contribution < 1.29 is 4.79 Å². The smallest absolute Gasteiger partial charge is 0.270 e. The quantitative estimate of drug-likeness (QED) is 0.178. The molecular formula is C28H40N4O2S2. The Bertz CT molecular complexity index is 1080. The van der Waals surface area contributed by atoms with Crippen LogP contribution < -0.4 is 10.5 Å². The zero-order valence-electron chi connectivity index (χ0n) is 22.1. The number of aromatic nitrogens is 1. The summed E-state index contributed by atoms with van der Waals surface area (Å²) in [4.78, 5) is 31.3. The molecule has 2 fully saturated rings. The monoisotopic (exact) mass is 528 g/mol. The Labute approximate surface area is 225 Å². The number of unbranched alkanes of at least 4 members (excludes halogenated alkanes) is 6. The number of anilines is 1. The largest absolute Gasteiger partial charge is 0.357 e. The van der Waals surface area contributed by atoms with Crippen LogP contribution in [0.3, 0.4) is 0 Å². The van der Waals surface area contributed by atoms with Crippen LogP contribution in [0.5, 0.6) is 0 Å². The third-order valence-electron chi connectivity index (χ3n) is 7.12. The van der Waals surface area contributed by atoms with Gasteiger partial charge in [0.2, 0.25) is 0 Å². The normalized spacial score (nSPS) is 17.3. The summed E-state index contributed by atoms with van der Waals surface area (Å²) in [5.74, 6) is 0.790. The lowest BCUT2D eigenvalue weighted by molar-refractivity contribution is -0.122. The summed E-state index contributed by atoms with van der Waals surface area (Å²) in [6.45, 7) is 9.09. The molecule has 1 aromatic heterocycles. The molecule has 0 N–H and O–H groups in total. The molecule has 0 radical (unpaired) electrons. The van der Waals surface area contributed by atoms with Crippen LogP contribution in [0.25, 0.3) is 6.08 Å². The van der Waals surface area contributed by atoms with E-state index in [0.717, 1.165) is 63.0 Å². The number of carbonyl (C=O) groups is 1. The average molecular weight is 529 g/mol. The maximum Gasteiger partial charge on any atom is 0.270 e. The van der Waals surface area contributed by atoms with Crippen molar-refractivity contribution in [2.24, 2.45) is 0 Å². The van der Waals surface area contributed by atoms with Crippen LogP contribution in [0.15, 0.2) is 9.70 Å². The SMILES string of the molecule is CCCCCCCCN1C(=O)/C(=C/c2c(C)c(C#N)c(=O)n(CCCC)c2N2CCCCC2)SC1=S. The van der Waals surface area contributed by atoms with Crippen LogP contribution in [-0.2, 0) is 11.3 Å². The van der Waals surface area contributed by atoms with Gasteiger partial charge in [0, 0.05) is 31.7 Å². The number of nitriles is 1. The van der Waals surface area contributed by atoms with Gasteiger partial charge in [-0.25, -0.2) is 0 Å². The van der Waals surface area contributed by atoms with Crippen molar-refractivity contribution in [3.8, 4) is 6.07 Å². The second kappa shape index (κ2) is 14.0. The van der Waals surface area contributed by atoms with E-state index < -0.39 is 0 Å². The Kier molecular flexibility index (Phi) is 11.1. The van der Waals surface area contributed by atoms with E-state index in [2.05, 4.69) is 24.8 Å². The molecule has 0 atom stereocenters. The van der Waals surface area contributed by atoms with Gasteiger partial charge >= 0.3 is 0 Å². The van der Waals surface area contributed by atoms with Crippen molar-refractivity contribution in [1.29, 1.82) is 5.26 Å². The van der Waals surface area contributed by atoms with Crippen LogP contribution in [0, 0.1) is 18.3 Å². The van der Waals surface area contributed by atoms with E-state index in [1.165, 1.54) is 43.9 Å². The highest BCUT2D eigenvalue weighted by atomic mass is 32.2. The van der Waals surface area contributed by atoms with Gasteiger partial charge in [-0.05, 0) is 50.7 Å². The number of amides is 1. The summed E-state index contributed by atoms with van der Waals surface area (Å²) in [5.41, 5.74) is 1.40. The van der Waals surface area contributed by atoms with Crippen molar-refractivity contribution in [3.63, 3.8) is 0 Å². The number of thiocarbonyl (C=S) groups is 1. The highest BCUT2D eigenvalue weighted by molar-refractivity contribution is 8.26. The van der Waals surface area contributed by atoms with Gasteiger partial charge in [-0.15, -0.1) is 0 Å². The summed E-state index contributed by atoms with van der Waals surface area (Å²) in [6.07, 6.45) is 14.0. The van der Waals surface area contributed by atoms with Crippen LogP contribution in [0.4, 0.5) is 5.82 Å². The number of nitrogens with zero attached hydrogens (tertiary/aromatic N) is 4. The first kappa shape index (κ1) is 28.5. The minimum Gasteiger partial charge on any atom is -0.357 e. The van der Waals surface area contributed by atoms with Crippen LogP contribution in [-0.4, -0.2) is 39.3 Å². The van der Waals surface area contributed by atoms with Gasteiger partial charge in [-0.3, -0.25) is 19.1 Å². The highest BCUT2D eigenvalue weighted by Gasteiger charge is 2.33. The van der Waals surface area contributed by atoms with E-state index in [0.29, 0.717) is 27.9 Å². The number of thioether (sulfide) groups is 1. The van der Waals surface area contributed by atoms with Crippen molar-refractivity contribution in [2.75, 3.05) is 24.5 Å². The number of pyridine rings is 1. The predicted molar refractivity (Wildman–Crippen MR) is 154 cm³/mol. The minimum atomic E-state index is -0.225. The molecule has 0 aliphatic carbocycles. The number of hydrogen-bond acceptors (Lipinski definition) is 6. The predicted octanol–water partition coefficient (Wildman–Crippen LogP) is 6.38. The standard InChI is InChI=1S/C28H40N4O2S2/c1-4-6-8-9-10-14-18-32-27(34)24(36-28(32)35)19-22-21(3)23(20-29)26(33)31(17-7-5-2)25(22)30-15-12-11-13-16-30/h19H,4-18H2,1-3H3/b24-19-. The molecule has 36 heavy (non-hydrogen) atoms. The van der Waals surface area contributed by atoms with Crippen LogP contribution >= 0.6 is 24.0 Å². The Balaban J connectivity index is 1.97. The second-order valence-corrected chi connectivity index (χ2v) is 11.5. The van der Waals surface area contributed by atoms with E-state index in [1.807, 2.05) is 13.0 Å². The molecule has 0 saturated carbocycles. The molecule has 2 saturated heterocycles. The van der Waals surface area contributed by atoms with Gasteiger partial charge in [0.15, 0.2) is 0 Å². The van der Waals surface area contributed by atoms with Crippen LogP contribution in [0.2, 0.25) is 0 Å². The first-order valence-corrected chi connectivity index (χ1v) is 14.8. The summed E-state index contributed by atoms with van der Waals surface area (Å²) in [5, 5.41) is 9.85. The van der Waals surface area contributed by atoms with E-state index in [-0.39, 0.29) is 17.0 Å². The molecule has 0 aromatic carbocycles. The Morgan fingerprint density at radius 1 is 0.972 bits per heavy atom. The lowest BCUT2D eigenvalue weighted by Gasteiger charge is -2.33. The summed E-state index contributed by atoms with van der Waals surface area (Å²) >= 11 is 6.92. The molecule has 2 aliphatic heterocycles. The van der Waals surface area contributed by atoms with E-state index in [1.54, 1.807) is 9.47 Å². The molecule has 0 bridgehead atoms. The zero-order chi connectivity index (χ0) is 26.1. The molecular weight excluding hydrogens is 488 g/mol. The minimum absolute atomic E-state index is 0.0626. The van der Waals surface area contributed by atoms with Gasteiger partial charge < -0.3 is 4.90 Å². The van der Waals surface area contributed by atoms with Crippen molar-refractivity contribution >= 4 is 46.1 Å². The molecule has 6 nitrogen and oxygen atoms in total. The second-order valence-electron chi connectivity index (χ2n) is 9.81. The van der Waals surface area contributed by atoms with Gasteiger partial charge in [0.05, 0.1) is 4.91 Å². The van der Waals surface area contributed by atoms with Crippen molar-refractivity contribution in [2.45, 2.75) is 97.9 Å². The molecule has 3 rings (SSSR count). The molecule has 3 heterocycles. The Hall–Kier alpha value is -2.11. The summed E-state index contributed by atoms with van der Waals surface area (Å²) in [7, 11) is 0. The third kappa shape index (κ3) is 6.60. The van der Waals surface area contributed by atoms with Gasteiger partial charge in [-0.2, -0.15) is 5.26 Å². The zero-order valence-corrected chi connectivity index (χ0v) is 23.7. The number of piperidine rings is 1. The number of hydrogen-bond donors (Lipinski definition) is 0. The van der Waals surface area contributed by atoms with E-state index >= 15 is 0 Å². The fraction of sp³-hybridized carbons (Fsp3) is 0.643. The lowest BCUT2D eigenvalue weighted by atomic mass is 10.0. The highest BCUT2D eigenvalue weighted by Crippen LogP contribution is 2.36. The molecule has 0 spiro atoms. The first-order chi connectivity index (χ1) is 17.4. The molecule has 1 amide bonds. The molecule has 196 valence electrons. The molecule has 2 aliphatic rings. The molecule has 0 unspecified atom stereocenters. The topological polar surface area (TPSA) is 69.3 Å². The van der Waals surface area contributed by atoms with Gasteiger partial charge in [0.1, 0.15) is 21.8 Å². The van der Waals surface area contributed by atoms with E-state index in [9.17, 15) is 14.9 Å². The maximum atomic E-state index is 13.4. The third-order valence-corrected chi connectivity index (χ3v) is 8.50. The average Bonchev–Trinajstić information content (AvgIpc) is 3.15. The number of carbonyl (C=O) groups excluding carboxylic acids is 1. The Morgan fingerprint density at radius 2 is 1.64 bits per heavy atom. The first-order valence-electron chi connectivity index (χ1n) is 13.6. The van der Waals surface area contributed by atoms with Gasteiger partial charge in [0.25, 0.3) is 11.5 Å². The lowest BCUT2D eigenvalue weighted by Crippen LogP contribution is -2.37. The summed E-state index contributed by atoms with van der Waals surface area (Å²) in [6, 6.07) is 2.14. The van der Waals surface area contributed by atoms with Crippen molar-refractivity contribution in [3.05, 3.63) is 31.9 Å². The fourth-order valence-electron chi connectivity index (χ4n) is 4.99. The van der Waals surface area contributed by atoms with E-state index in [4.69, 9.17) is 12.2 Å². The van der Waals surface area contributed by atoms with Gasteiger partial charge in [-0.1, -0.05) is 76.4 Å². The maximum absolute atomic E-state index is 13.4. The van der Waals surface area contributed by atoms with Crippen molar-refractivity contribution in [1.82, 2.24) is 9.47 Å². The molecule has 1 aromatic rings.